The van der Waals surface area contributed by atoms with E-state index >= 15 is 0 Å². The molecule has 3 aliphatic rings. The number of imidazole rings is 1. The number of sulfone groups is 1. The van der Waals surface area contributed by atoms with E-state index in [-0.39, 0.29) is 34.9 Å². The maximum atomic E-state index is 13.5. The first-order valence-corrected chi connectivity index (χ1v) is 14.8. The number of hydrogen-bond acceptors (Lipinski definition) is 10. The number of thiazole rings is 1. The van der Waals surface area contributed by atoms with Crippen LogP contribution in [0, 0.1) is 11.8 Å². The fourth-order valence-electron chi connectivity index (χ4n) is 5.54. The summed E-state index contributed by atoms with van der Waals surface area (Å²) in [6.07, 6.45) is 4.69. The summed E-state index contributed by atoms with van der Waals surface area (Å²) in [4.78, 5) is 44.9. The average Bonchev–Trinajstić information content (AvgIpc) is 3.58. The predicted octanol–water partition coefficient (Wildman–Crippen LogP) is 2.12. The Morgan fingerprint density at radius 1 is 1.28 bits per heavy atom. The van der Waals surface area contributed by atoms with E-state index in [0.29, 0.717) is 26.4 Å². The van der Waals surface area contributed by atoms with Gasteiger partial charge in [0.1, 0.15) is 29.2 Å². The summed E-state index contributed by atoms with van der Waals surface area (Å²) < 4.78 is 36.8. The van der Waals surface area contributed by atoms with E-state index in [2.05, 4.69) is 4.98 Å². The van der Waals surface area contributed by atoms with Crippen LogP contribution in [0.2, 0.25) is 0 Å². The molecule has 1 aromatic carbocycles. The summed E-state index contributed by atoms with van der Waals surface area (Å²) in [5.74, 6) is -2.39. The standard InChI is InChI=1S/C26H23N3O8S2/c1-12-18(17-10-28-11-27-22(24(28)38-17)39(3,34)35)21(29-20(12)19(13(2)30)23(29)31)26(33)36-9-8-16-14-6-4-5-7-15(14)25(32)37-16/h4-8,10-13,19-20,30H,9H2,1-3H3/t12-,13+,19+,20+/m0/s1. The van der Waals surface area contributed by atoms with Crippen LogP contribution in [0.3, 0.4) is 0 Å². The summed E-state index contributed by atoms with van der Waals surface area (Å²) >= 11 is 1.14. The van der Waals surface area contributed by atoms with Crippen LogP contribution in [-0.4, -0.2) is 70.7 Å². The van der Waals surface area contributed by atoms with Crippen molar-refractivity contribution >= 4 is 55.2 Å². The number of rotatable bonds is 6. The molecule has 11 nitrogen and oxygen atoms in total. The minimum Gasteiger partial charge on any atom is -0.457 e. The SMILES string of the molecule is C[C@@H](O)[C@H]1C(=O)N2C(C(=O)OCC=C3OC(=O)c4ccccc43)=C(c3cn4cnc(S(C)(=O)=O)c4s3)[C@H](C)[C@H]12. The van der Waals surface area contributed by atoms with Gasteiger partial charge in [0, 0.05) is 29.5 Å². The monoisotopic (exact) mass is 569 g/mol. The molecule has 0 aliphatic carbocycles. The van der Waals surface area contributed by atoms with Crippen molar-refractivity contribution in [2.24, 2.45) is 11.8 Å². The van der Waals surface area contributed by atoms with Crippen molar-refractivity contribution in [2.75, 3.05) is 12.9 Å². The zero-order valence-corrected chi connectivity index (χ0v) is 22.7. The van der Waals surface area contributed by atoms with Crippen LogP contribution in [0.25, 0.3) is 16.2 Å². The number of benzene rings is 1. The number of esters is 2. The second-order valence-electron chi connectivity index (χ2n) is 9.75. The lowest BCUT2D eigenvalue weighted by Crippen LogP contribution is -2.63. The highest BCUT2D eigenvalue weighted by Crippen LogP contribution is 2.52. The summed E-state index contributed by atoms with van der Waals surface area (Å²) in [5, 5.41) is 10.2. The van der Waals surface area contributed by atoms with Crippen molar-refractivity contribution in [3.05, 3.63) is 64.6 Å². The maximum absolute atomic E-state index is 13.5. The zero-order chi connectivity index (χ0) is 27.8. The fourth-order valence-corrected chi connectivity index (χ4v) is 7.89. The van der Waals surface area contributed by atoms with Gasteiger partial charge < -0.3 is 19.5 Å². The van der Waals surface area contributed by atoms with Crippen LogP contribution in [0.4, 0.5) is 0 Å². The molecular weight excluding hydrogens is 546 g/mol. The largest absolute Gasteiger partial charge is 0.457 e. The van der Waals surface area contributed by atoms with Crippen LogP contribution in [0.1, 0.15) is 34.6 Å². The van der Waals surface area contributed by atoms with Gasteiger partial charge in [-0.25, -0.2) is 23.0 Å². The molecule has 1 amide bonds. The van der Waals surface area contributed by atoms with Gasteiger partial charge in [-0.2, -0.15) is 0 Å². The Kier molecular flexibility index (Phi) is 5.79. The normalized spacial score (nSPS) is 24.2. The Labute approximate surface area is 226 Å². The van der Waals surface area contributed by atoms with E-state index in [9.17, 15) is 27.9 Å². The van der Waals surface area contributed by atoms with Gasteiger partial charge in [0.15, 0.2) is 14.9 Å². The first-order valence-electron chi connectivity index (χ1n) is 12.1. The quantitative estimate of drug-likeness (QED) is 0.349. The molecule has 202 valence electrons. The Balaban J connectivity index is 1.36. The zero-order valence-electron chi connectivity index (χ0n) is 21.0. The van der Waals surface area contributed by atoms with Crippen molar-refractivity contribution in [3.8, 4) is 0 Å². The number of carbonyl (C=O) groups excluding carboxylic acids is 3. The first kappa shape index (κ1) is 25.5. The molecule has 6 rings (SSSR count). The number of carbonyl (C=O) groups is 3. The Bertz CT molecular complexity index is 1750. The van der Waals surface area contributed by atoms with E-state index < -0.39 is 39.8 Å². The molecule has 39 heavy (non-hydrogen) atoms. The van der Waals surface area contributed by atoms with Crippen molar-refractivity contribution in [2.45, 2.75) is 31.0 Å². The number of fused-ring (bicyclic) bond motifs is 3. The molecule has 5 heterocycles. The Hall–Kier alpha value is -3.81. The number of β-lactam (4-membered cyclic amide) rings is 1. The molecule has 1 saturated heterocycles. The van der Waals surface area contributed by atoms with E-state index in [1.165, 1.54) is 24.2 Å². The summed E-state index contributed by atoms with van der Waals surface area (Å²) in [6.45, 7) is 3.17. The van der Waals surface area contributed by atoms with E-state index in [1.54, 1.807) is 34.9 Å². The summed E-state index contributed by atoms with van der Waals surface area (Å²) in [6, 6.07) is 6.40. The van der Waals surface area contributed by atoms with E-state index in [1.807, 2.05) is 6.92 Å². The molecule has 0 unspecified atom stereocenters. The Morgan fingerprint density at radius 3 is 2.69 bits per heavy atom. The molecule has 0 spiro atoms. The molecule has 1 fully saturated rings. The topological polar surface area (TPSA) is 145 Å². The van der Waals surface area contributed by atoms with E-state index in [0.717, 1.165) is 17.6 Å². The van der Waals surface area contributed by atoms with Gasteiger partial charge in [-0.05, 0) is 19.1 Å². The lowest BCUT2D eigenvalue weighted by molar-refractivity contribution is -0.164. The third kappa shape index (κ3) is 3.83. The van der Waals surface area contributed by atoms with Crippen molar-refractivity contribution < 1.29 is 37.4 Å². The van der Waals surface area contributed by atoms with Crippen LogP contribution in [-0.2, 0) is 28.9 Å². The van der Waals surface area contributed by atoms with Gasteiger partial charge in [0.2, 0.25) is 5.91 Å². The highest BCUT2D eigenvalue weighted by atomic mass is 32.2. The van der Waals surface area contributed by atoms with Gasteiger partial charge in [0.05, 0.1) is 28.5 Å². The Morgan fingerprint density at radius 2 is 2.00 bits per heavy atom. The fraction of sp³-hybridized carbons (Fsp3) is 0.308. The van der Waals surface area contributed by atoms with Crippen molar-refractivity contribution in [3.63, 3.8) is 0 Å². The van der Waals surface area contributed by atoms with Gasteiger partial charge in [0.25, 0.3) is 0 Å². The lowest BCUT2D eigenvalue weighted by atomic mass is 9.77. The average molecular weight is 570 g/mol. The highest BCUT2D eigenvalue weighted by molar-refractivity contribution is 7.91. The third-order valence-electron chi connectivity index (χ3n) is 7.26. The maximum Gasteiger partial charge on any atom is 0.355 e. The van der Waals surface area contributed by atoms with Crippen LogP contribution < -0.4 is 0 Å². The molecular formula is C26H23N3O8S2. The van der Waals surface area contributed by atoms with Crippen molar-refractivity contribution in [1.29, 1.82) is 0 Å². The van der Waals surface area contributed by atoms with Crippen LogP contribution in [0.15, 0.2) is 53.6 Å². The second kappa shape index (κ2) is 8.86. The number of ether oxygens (including phenoxy) is 2. The summed E-state index contributed by atoms with van der Waals surface area (Å²) in [7, 11) is -3.59. The number of aromatic nitrogens is 2. The molecule has 2 aromatic heterocycles. The second-order valence-corrected chi connectivity index (χ2v) is 12.7. The van der Waals surface area contributed by atoms with Gasteiger partial charge in [-0.1, -0.05) is 25.1 Å². The molecule has 0 bridgehead atoms. The van der Waals surface area contributed by atoms with Crippen molar-refractivity contribution in [1.82, 2.24) is 14.3 Å². The smallest absolute Gasteiger partial charge is 0.355 e. The van der Waals surface area contributed by atoms with Gasteiger partial charge >= 0.3 is 11.9 Å². The number of hydrogen-bond donors (Lipinski definition) is 1. The highest BCUT2D eigenvalue weighted by Gasteiger charge is 2.60. The molecule has 3 aliphatic heterocycles. The van der Waals surface area contributed by atoms with Gasteiger partial charge in [-0.15, -0.1) is 11.3 Å². The molecule has 4 atom stereocenters. The third-order valence-corrected chi connectivity index (χ3v) is 9.53. The molecule has 13 heteroatoms. The molecule has 1 N–H and O–H groups in total. The number of amides is 1. The number of nitrogens with zero attached hydrogens (tertiary/aromatic N) is 3. The predicted molar refractivity (Wildman–Crippen MR) is 139 cm³/mol. The summed E-state index contributed by atoms with van der Waals surface area (Å²) in [5.41, 5.74) is 1.59. The minimum absolute atomic E-state index is 0.0509. The number of aliphatic hydroxyl groups excluding tert-OH is 1. The first-order chi connectivity index (χ1) is 18.5. The lowest BCUT2D eigenvalue weighted by Gasteiger charge is -2.46. The number of cyclic esters (lactones) is 1. The minimum atomic E-state index is -3.59. The van der Waals surface area contributed by atoms with Crippen LogP contribution in [0.5, 0.6) is 0 Å². The molecule has 3 aromatic rings. The molecule has 0 radical (unpaired) electrons. The van der Waals surface area contributed by atoms with Crippen LogP contribution >= 0.6 is 11.3 Å². The number of aliphatic hydroxyl groups is 1. The molecule has 0 saturated carbocycles. The van der Waals surface area contributed by atoms with E-state index in [4.69, 9.17) is 9.47 Å². The van der Waals surface area contributed by atoms with Gasteiger partial charge in [-0.3, -0.25) is 9.20 Å².